The monoisotopic (exact) mass is 527 g/mol. The molecule has 0 fully saturated rings. The Balaban J connectivity index is 0.000000257. The lowest BCUT2D eigenvalue weighted by molar-refractivity contribution is -0.669. The number of likely N-dealkylation sites (N-methyl/N-ethyl adjacent to an activating group) is 1. The van der Waals surface area contributed by atoms with E-state index in [1.54, 1.807) is 12.1 Å². The molecule has 196 valence electrons. The van der Waals surface area contributed by atoms with Gasteiger partial charge < -0.3 is 4.90 Å². The number of rotatable bonds is 4. The van der Waals surface area contributed by atoms with Crippen molar-refractivity contribution in [2.24, 2.45) is 0 Å². The maximum atomic E-state index is 10.5. The van der Waals surface area contributed by atoms with Gasteiger partial charge in [-0.25, -0.2) is 0 Å². The smallest absolute Gasteiger partial charge is 0.294 e. The van der Waals surface area contributed by atoms with Crippen LogP contribution >= 0.6 is 0 Å². The molecule has 1 aliphatic heterocycles. The van der Waals surface area contributed by atoms with Crippen molar-refractivity contribution in [2.75, 3.05) is 11.4 Å². The lowest BCUT2D eigenvalue weighted by Crippen LogP contribution is -2.37. The second-order valence-electron chi connectivity index (χ2n) is 9.56. The number of allylic oxidation sites excluding steroid dienone is 1. The molecule has 1 aromatic heterocycles. The lowest BCUT2D eigenvalue weighted by Gasteiger charge is -2.29. The number of aromatic nitrogens is 1. The first-order valence-corrected chi connectivity index (χ1v) is 14.3. The third-order valence-corrected chi connectivity index (χ3v) is 7.55. The van der Waals surface area contributed by atoms with Crippen LogP contribution in [0.5, 0.6) is 0 Å². The first-order valence-electron chi connectivity index (χ1n) is 12.9. The predicted octanol–water partition coefficient (Wildman–Crippen LogP) is 6.90. The van der Waals surface area contributed by atoms with Crippen LogP contribution in [0.25, 0.3) is 23.1 Å². The summed E-state index contributed by atoms with van der Waals surface area (Å²) in [5.41, 5.74) is 9.91. The Hall–Kier alpha value is -3.74. The predicted molar refractivity (Wildman–Crippen MR) is 157 cm³/mol. The molecule has 38 heavy (non-hydrogen) atoms. The van der Waals surface area contributed by atoms with Gasteiger partial charge in [0.1, 0.15) is 6.54 Å². The van der Waals surface area contributed by atoms with Crippen molar-refractivity contribution in [3.05, 3.63) is 113 Å². The second-order valence-corrected chi connectivity index (χ2v) is 11.0. The molecule has 4 aromatic rings. The summed E-state index contributed by atoms with van der Waals surface area (Å²) < 4.78 is 31.9. The third kappa shape index (κ3) is 6.04. The van der Waals surface area contributed by atoms with Crippen molar-refractivity contribution in [2.45, 2.75) is 46.1 Å². The number of anilines is 1. The summed E-state index contributed by atoms with van der Waals surface area (Å²) in [7, 11) is -4.02. The zero-order valence-corrected chi connectivity index (χ0v) is 23.5. The van der Waals surface area contributed by atoms with E-state index in [1.807, 2.05) is 6.92 Å². The van der Waals surface area contributed by atoms with Gasteiger partial charge in [0, 0.05) is 41.5 Å². The standard InChI is InChI=1S/C25H27N2.C7H8O3S/c1-5-26-22(11-9-20-15-18(3)7-13-24(20)26)17-23-12-10-21-16-19(4)8-14-25(21)27(23)6-2;1-6-2-4-7(5-3-6)11(8,9)10/h7-17H,5-6H2,1-4H3;2-5H,1H3,(H,8,9,10)/q+1;. The van der Waals surface area contributed by atoms with Gasteiger partial charge in [-0.15, -0.1) is 0 Å². The van der Waals surface area contributed by atoms with Crippen LogP contribution < -0.4 is 9.47 Å². The zero-order chi connectivity index (χ0) is 27.4. The van der Waals surface area contributed by atoms with E-state index >= 15 is 0 Å². The van der Waals surface area contributed by atoms with Crippen molar-refractivity contribution in [1.82, 2.24) is 0 Å². The van der Waals surface area contributed by atoms with Gasteiger partial charge in [-0.3, -0.25) is 4.55 Å². The Kier molecular flexibility index (Phi) is 8.14. The molecule has 6 heteroatoms. The second kappa shape index (κ2) is 11.3. The first kappa shape index (κ1) is 27.3. The minimum atomic E-state index is -4.02. The molecule has 0 atom stereocenters. The van der Waals surface area contributed by atoms with Gasteiger partial charge in [-0.1, -0.05) is 47.0 Å². The van der Waals surface area contributed by atoms with Gasteiger partial charge in [-0.05, 0) is 82.7 Å². The minimum absolute atomic E-state index is 0.0666. The molecule has 0 amide bonds. The van der Waals surface area contributed by atoms with E-state index in [0.29, 0.717) is 0 Å². The molecule has 0 saturated carbocycles. The number of aryl methyl sites for hydroxylation is 4. The van der Waals surface area contributed by atoms with Crippen molar-refractivity contribution in [3.63, 3.8) is 0 Å². The Labute approximate surface area is 226 Å². The zero-order valence-electron chi connectivity index (χ0n) is 22.6. The molecular formula is C32H35N2O3S+. The maximum absolute atomic E-state index is 10.5. The van der Waals surface area contributed by atoms with Gasteiger partial charge in [0.05, 0.1) is 4.90 Å². The maximum Gasteiger partial charge on any atom is 0.294 e. The van der Waals surface area contributed by atoms with E-state index in [9.17, 15) is 8.42 Å². The Morgan fingerprint density at radius 2 is 1.47 bits per heavy atom. The number of fused-ring (bicyclic) bond motifs is 2. The SMILES string of the molecule is CCN1C(=Cc2ccc3cc(C)ccc3[n+]2CC)C=Cc2cc(C)ccc21.Cc1ccc(S(=O)(=O)O)cc1. The molecule has 0 radical (unpaired) electrons. The summed E-state index contributed by atoms with van der Waals surface area (Å²) in [5.74, 6) is 0. The van der Waals surface area contributed by atoms with Gasteiger partial charge in [-0.2, -0.15) is 13.0 Å². The number of pyridine rings is 1. The van der Waals surface area contributed by atoms with E-state index in [0.717, 1.165) is 18.7 Å². The van der Waals surface area contributed by atoms with Gasteiger partial charge in [0.15, 0.2) is 0 Å². The van der Waals surface area contributed by atoms with Crippen LogP contribution in [0.15, 0.2) is 89.5 Å². The van der Waals surface area contributed by atoms with Crippen LogP contribution in [0.4, 0.5) is 5.69 Å². The highest BCUT2D eigenvalue weighted by atomic mass is 32.2. The molecule has 0 saturated heterocycles. The number of hydrogen-bond donors (Lipinski definition) is 1. The molecule has 2 heterocycles. The quantitative estimate of drug-likeness (QED) is 0.232. The molecule has 0 aliphatic carbocycles. The van der Waals surface area contributed by atoms with Crippen LogP contribution in [0.1, 0.15) is 41.8 Å². The summed E-state index contributed by atoms with van der Waals surface area (Å²) in [4.78, 5) is 2.33. The molecule has 0 bridgehead atoms. The average Bonchev–Trinajstić information content (AvgIpc) is 2.88. The average molecular weight is 528 g/mol. The van der Waals surface area contributed by atoms with Crippen LogP contribution in [0.3, 0.4) is 0 Å². The molecule has 0 spiro atoms. The highest BCUT2D eigenvalue weighted by molar-refractivity contribution is 7.85. The fourth-order valence-electron chi connectivity index (χ4n) is 4.73. The topological polar surface area (TPSA) is 61.5 Å². The van der Waals surface area contributed by atoms with E-state index in [-0.39, 0.29) is 4.90 Å². The third-order valence-electron chi connectivity index (χ3n) is 6.69. The Bertz CT molecular complexity index is 1640. The molecule has 3 aromatic carbocycles. The van der Waals surface area contributed by atoms with Crippen LogP contribution in [0, 0.1) is 20.8 Å². The molecule has 1 aliphatic rings. The van der Waals surface area contributed by atoms with E-state index < -0.39 is 10.1 Å². The van der Waals surface area contributed by atoms with Crippen molar-refractivity contribution >= 4 is 38.9 Å². The van der Waals surface area contributed by atoms with Crippen molar-refractivity contribution in [1.29, 1.82) is 0 Å². The van der Waals surface area contributed by atoms with Crippen LogP contribution in [-0.4, -0.2) is 19.5 Å². The summed E-state index contributed by atoms with van der Waals surface area (Å²) in [5, 5.41) is 1.30. The molecule has 5 nitrogen and oxygen atoms in total. The van der Waals surface area contributed by atoms with Gasteiger partial charge in [0.2, 0.25) is 11.2 Å². The van der Waals surface area contributed by atoms with Gasteiger partial charge >= 0.3 is 0 Å². The lowest BCUT2D eigenvalue weighted by atomic mass is 10.0. The fourth-order valence-corrected chi connectivity index (χ4v) is 5.21. The first-order chi connectivity index (χ1) is 18.1. The van der Waals surface area contributed by atoms with Crippen molar-refractivity contribution < 1.29 is 17.5 Å². The largest absolute Gasteiger partial charge is 0.341 e. The normalized spacial score (nSPS) is 13.8. The number of benzene rings is 3. The van der Waals surface area contributed by atoms with E-state index in [2.05, 4.69) is 104 Å². The molecule has 1 N–H and O–H groups in total. The Morgan fingerprint density at radius 3 is 2.13 bits per heavy atom. The fraction of sp³-hybridized carbons (Fsp3) is 0.219. The molecule has 5 rings (SSSR count). The highest BCUT2D eigenvalue weighted by Crippen LogP contribution is 2.32. The summed E-state index contributed by atoms with van der Waals surface area (Å²) in [6.45, 7) is 12.5. The van der Waals surface area contributed by atoms with E-state index in [4.69, 9.17) is 4.55 Å². The number of hydrogen-bond acceptors (Lipinski definition) is 3. The number of nitrogens with zero attached hydrogens (tertiary/aromatic N) is 2. The Morgan fingerprint density at radius 1 is 0.816 bits per heavy atom. The van der Waals surface area contributed by atoms with E-state index in [1.165, 1.54) is 56.8 Å². The summed E-state index contributed by atoms with van der Waals surface area (Å²) >= 11 is 0. The molecule has 0 unspecified atom stereocenters. The highest BCUT2D eigenvalue weighted by Gasteiger charge is 2.19. The van der Waals surface area contributed by atoms with Crippen LogP contribution in [-0.2, 0) is 16.7 Å². The summed E-state index contributed by atoms with van der Waals surface area (Å²) in [6, 6.07) is 23.9. The summed E-state index contributed by atoms with van der Waals surface area (Å²) in [6.07, 6.45) is 6.79. The van der Waals surface area contributed by atoms with Gasteiger partial charge in [0.25, 0.3) is 10.1 Å². The molecular weight excluding hydrogens is 492 g/mol. The van der Waals surface area contributed by atoms with Crippen molar-refractivity contribution in [3.8, 4) is 0 Å². The van der Waals surface area contributed by atoms with Crippen LogP contribution in [0.2, 0.25) is 0 Å². The minimum Gasteiger partial charge on any atom is -0.341 e.